The Bertz CT molecular complexity index is 563. The number of halogens is 1. The second kappa shape index (κ2) is 5.10. The number of aromatic amines is 1. The molecule has 0 saturated heterocycles. The largest absolute Gasteiger partial charge is 0.481 e. The van der Waals surface area contributed by atoms with Gasteiger partial charge in [0.05, 0.1) is 6.42 Å². The zero-order valence-electron chi connectivity index (χ0n) is 9.48. The highest BCUT2D eigenvalue weighted by Gasteiger charge is 2.13. The topological polar surface area (TPSA) is 92.0 Å². The number of carboxylic acids is 1. The van der Waals surface area contributed by atoms with Gasteiger partial charge in [0.15, 0.2) is 5.82 Å². The number of benzene rings is 1. The van der Waals surface area contributed by atoms with Crippen molar-refractivity contribution in [2.24, 2.45) is 0 Å². The number of carbonyl (C=O) groups is 1. The minimum atomic E-state index is -0.856. The van der Waals surface area contributed by atoms with Crippen LogP contribution in [-0.4, -0.2) is 21.3 Å². The van der Waals surface area contributed by atoms with E-state index in [9.17, 15) is 4.79 Å². The predicted molar refractivity (Wildman–Crippen MR) is 69.4 cm³/mol. The Labute approximate surface area is 109 Å². The summed E-state index contributed by atoms with van der Waals surface area (Å²) in [5.41, 5.74) is 8.12. The number of nitrogens with two attached hydrogens (primary N) is 1. The monoisotopic (exact) mass is 265 g/mol. The molecule has 0 fully saturated rings. The molecule has 0 amide bonds. The fourth-order valence-corrected chi connectivity index (χ4v) is 1.87. The number of nitrogens with zero attached hydrogens (tertiary/aromatic N) is 1. The first-order valence-corrected chi connectivity index (χ1v) is 5.76. The van der Waals surface area contributed by atoms with E-state index in [1.54, 1.807) is 12.1 Å². The lowest BCUT2D eigenvalue weighted by molar-refractivity contribution is -0.136. The fourth-order valence-electron chi connectivity index (χ4n) is 1.75. The molecule has 0 spiro atoms. The first kappa shape index (κ1) is 12.4. The normalized spacial score (nSPS) is 10.5. The molecule has 94 valence electrons. The average molecular weight is 266 g/mol. The van der Waals surface area contributed by atoms with Gasteiger partial charge in [-0.15, -0.1) is 0 Å². The smallest absolute Gasteiger partial charge is 0.303 e. The first-order valence-electron chi connectivity index (χ1n) is 5.38. The number of nitrogens with one attached hydrogen (secondary N) is 1. The van der Waals surface area contributed by atoms with Crippen LogP contribution in [0, 0.1) is 0 Å². The molecular weight excluding hydrogens is 254 g/mol. The van der Waals surface area contributed by atoms with E-state index in [2.05, 4.69) is 10.2 Å². The Morgan fingerprint density at radius 2 is 2.06 bits per heavy atom. The van der Waals surface area contributed by atoms with Crippen molar-refractivity contribution in [3.63, 3.8) is 0 Å². The van der Waals surface area contributed by atoms with Crippen LogP contribution in [0.1, 0.15) is 12.1 Å². The van der Waals surface area contributed by atoms with Gasteiger partial charge in [-0.3, -0.25) is 9.89 Å². The molecule has 0 atom stereocenters. The number of anilines is 1. The zero-order valence-corrected chi connectivity index (χ0v) is 10.2. The maximum absolute atomic E-state index is 10.6. The second-order valence-corrected chi connectivity index (χ2v) is 4.30. The summed E-state index contributed by atoms with van der Waals surface area (Å²) in [7, 11) is 0. The van der Waals surface area contributed by atoms with E-state index in [4.69, 9.17) is 22.4 Å². The van der Waals surface area contributed by atoms with Gasteiger partial charge in [0, 0.05) is 22.7 Å². The summed E-state index contributed by atoms with van der Waals surface area (Å²) >= 11 is 5.82. The minimum absolute atomic E-state index is 0.0300. The van der Waals surface area contributed by atoms with Gasteiger partial charge in [-0.25, -0.2) is 0 Å². The van der Waals surface area contributed by atoms with Crippen molar-refractivity contribution in [1.29, 1.82) is 0 Å². The van der Waals surface area contributed by atoms with E-state index >= 15 is 0 Å². The standard InChI is InChI=1S/C12H12ClN3O2/c13-8-3-1-7(2-4-8)11-9(5-6-10(17)18)15-16-12(11)14/h1-4H,5-6H2,(H,17,18)(H3,14,15,16). The predicted octanol–water partition coefficient (Wildman–Crippen LogP) is 2.33. The summed E-state index contributed by atoms with van der Waals surface area (Å²) in [5.74, 6) is -0.497. The number of rotatable bonds is 4. The number of hydrogen-bond donors (Lipinski definition) is 3. The summed E-state index contributed by atoms with van der Waals surface area (Å²) in [6.45, 7) is 0. The van der Waals surface area contributed by atoms with Crippen LogP contribution < -0.4 is 5.73 Å². The van der Waals surface area contributed by atoms with Gasteiger partial charge in [0.1, 0.15) is 0 Å². The molecule has 0 unspecified atom stereocenters. The number of aliphatic carboxylic acids is 1. The van der Waals surface area contributed by atoms with E-state index < -0.39 is 5.97 Å². The second-order valence-electron chi connectivity index (χ2n) is 3.86. The molecule has 5 nitrogen and oxygen atoms in total. The first-order chi connectivity index (χ1) is 8.58. The SMILES string of the molecule is Nc1n[nH]c(CCC(=O)O)c1-c1ccc(Cl)cc1. The Morgan fingerprint density at radius 3 is 2.67 bits per heavy atom. The molecule has 0 aliphatic carbocycles. The van der Waals surface area contributed by atoms with Gasteiger partial charge >= 0.3 is 5.97 Å². The maximum atomic E-state index is 10.6. The highest BCUT2D eigenvalue weighted by Crippen LogP contribution is 2.29. The van der Waals surface area contributed by atoms with E-state index in [1.165, 1.54) is 0 Å². The molecule has 1 heterocycles. The Balaban J connectivity index is 2.34. The third kappa shape index (κ3) is 2.62. The molecule has 0 aliphatic heterocycles. The fraction of sp³-hybridized carbons (Fsp3) is 0.167. The molecule has 0 radical (unpaired) electrons. The third-order valence-corrected chi connectivity index (χ3v) is 2.84. The third-order valence-electron chi connectivity index (χ3n) is 2.59. The van der Waals surface area contributed by atoms with Crippen molar-refractivity contribution in [2.45, 2.75) is 12.8 Å². The van der Waals surface area contributed by atoms with Gasteiger partial charge in [-0.1, -0.05) is 23.7 Å². The lowest BCUT2D eigenvalue weighted by Crippen LogP contribution is -1.99. The summed E-state index contributed by atoms with van der Waals surface area (Å²) in [5, 5.41) is 16.0. The van der Waals surface area contributed by atoms with Crippen molar-refractivity contribution in [3.8, 4) is 11.1 Å². The highest BCUT2D eigenvalue weighted by molar-refractivity contribution is 6.30. The molecule has 0 aliphatic rings. The number of aryl methyl sites for hydroxylation is 1. The van der Waals surface area contributed by atoms with Crippen LogP contribution >= 0.6 is 11.6 Å². The molecule has 4 N–H and O–H groups in total. The molecule has 0 saturated carbocycles. The van der Waals surface area contributed by atoms with Crippen LogP contribution in [0.15, 0.2) is 24.3 Å². The van der Waals surface area contributed by atoms with Crippen molar-refractivity contribution in [1.82, 2.24) is 10.2 Å². The number of H-pyrrole nitrogens is 1. The molecule has 0 bridgehead atoms. The summed E-state index contributed by atoms with van der Waals surface area (Å²) in [4.78, 5) is 10.6. The molecule has 18 heavy (non-hydrogen) atoms. The average Bonchev–Trinajstić information content (AvgIpc) is 2.69. The molecule has 6 heteroatoms. The van der Waals surface area contributed by atoms with Crippen LogP contribution in [-0.2, 0) is 11.2 Å². The molecular formula is C12H12ClN3O2. The van der Waals surface area contributed by atoms with Crippen molar-refractivity contribution < 1.29 is 9.90 Å². The summed E-state index contributed by atoms with van der Waals surface area (Å²) < 4.78 is 0. The lowest BCUT2D eigenvalue weighted by atomic mass is 10.0. The van der Waals surface area contributed by atoms with Crippen LogP contribution in [0.3, 0.4) is 0 Å². The van der Waals surface area contributed by atoms with Gasteiger partial charge in [-0.2, -0.15) is 5.10 Å². The highest BCUT2D eigenvalue weighted by atomic mass is 35.5. The van der Waals surface area contributed by atoms with Gasteiger partial charge in [0.2, 0.25) is 0 Å². The Morgan fingerprint density at radius 1 is 1.39 bits per heavy atom. The maximum Gasteiger partial charge on any atom is 0.303 e. The molecule has 1 aromatic heterocycles. The zero-order chi connectivity index (χ0) is 13.1. The van der Waals surface area contributed by atoms with E-state index in [0.29, 0.717) is 17.3 Å². The number of hydrogen-bond acceptors (Lipinski definition) is 3. The number of aromatic nitrogens is 2. The van der Waals surface area contributed by atoms with E-state index in [0.717, 1.165) is 16.8 Å². The molecule has 2 aromatic rings. The lowest BCUT2D eigenvalue weighted by Gasteiger charge is -2.03. The molecule has 2 rings (SSSR count). The van der Waals surface area contributed by atoms with E-state index in [-0.39, 0.29) is 6.42 Å². The Hall–Kier alpha value is -2.01. The summed E-state index contributed by atoms with van der Waals surface area (Å²) in [6, 6.07) is 7.16. The number of nitrogen functional groups attached to an aromatic ring is 1. The Kier molecular flexibility index (Phi) is 3.53. The minimum Gasteiger partial charge on any atom is -0.481 e. The van der Waals surface area contributed by atoms with Crippen molar-refractivity contribution in [3.05, 3.63) is 35.0 Å². The van der Waals surface area contributed by atoms with Gasteiger partial charge in [0.25, 0.3) is 0 Å². The van der Waals surface area contributed by atoms with Crippen molar-refractivity contribution >= 4 is 23.4 Å². The van der Waals surface area contributed by atoms with Crippen molar-refractivity contribution in [2.75, 3.05) is 5.73 Å². The molecule has 1 aromatic carbocycles. The quantitative estimate of drug-likeness (QED) is 0.791. The van der Waals surface area contributed by atoms with Crippen LogP contribution in [0.4, 0.5) is 5.82 Å². The van der Waals surface area contributed by atoms with Crippen LogP contribution in [0.5, 0.6) is 0 Å². The number of carboxylic acid groups (broad SMARTS) is 1. The van der Waals surface area contributed by atoms with Gasteiger partial charge < -0.3 is 10.8 Å². The van der Waals surface area contributed by atoms with Gasteiger partial charge in [-0.05, 0) is 17.7 Å². The summed E-state index contributed by atoms with van der Waals surface area (Å²) in [6.07, 6.45) is 0.389. The van der Waals surface area contributed by atoms with Crippen LogP contribution in [0.25, 0.3) is 11.1 Å². The van der Waals surface area contributed by atoms with E-state index in [1.807, 2.05) is 12.1 Å². The van der Waals surface area contributed by atoms with Crippen LogP contribution in [0.2, 0.25) is 5.02 Å².